The lowest BCUT2D eigenvalue weighted by Crippen LogP contribution is -2.35. The van der Waals surface area contributed by atoms with Crippen molar-refractivity contribution in [2.75, 3.05) is 30.0 Å². The minimum absolute atomic E-state index is 0.136. The summed E-state index contributed by atoms with van der Waals surface area (Å²) in [4.78, 5) is 14.4. The van der Waals surface area contributed by atoms with Crippen molar-refractivity contribution in [3.05, 3.63) is 46.9 Å². The number of nitrogens with zero attached hydrogens (tertiary/aromatic N) is 4. The van der Waals surface area contributed by atoms with Crippen molar-refractivity contribution in [2.24, 2.45) is 5.92 Å². The predicted octanol–water partition coefficient (Wildman–Crippen LogP) is 3.87. The fourth-order valence-electron chi connectivity index (χ4n) is 4.36. The van der Waals surface area contributed by atoms with Gasteiger partial charge in [0, 0.05) is 30.9 Å². The number of aromatic nitrogens is 3. The smallest absolute Gasteiger partial charge is 0.202 e. The van der Waals surface area contributed by atoms with E-state index in [4.69, 9.17) is 17.0 Å². The molecule has 10 heteroatoms. The van der Waals surface area contributed by atoms with Crippen LogP contribution in [0.2, 0.25) is 5.02 Å². The van der Waals surface area contributed by atoms with Gasteiger partial charge in [0.15, 0.2) is 11.5 Å². The van der Waals surface area contributed by atoms with Crippen LogP contribution in [0.3, 0.4) is 0 Å². The van der Waals surface area contributed by atoms with E-state index in [0.29, 0.717) is 27.7 Å². The average Bonchev–Trinajstić information content (AvgIpc) is 3.46. The molecule has 162 valence electrons. The van der Waals surface area contributed by atoms with Crippen LogP contribution in [0.1, 0.15) is 24.8 Å². The minimum Gasteiger partial charge on any atom is -0.354 e. The first-order valence-electron chi connectivity index (χ1n) is 10.4. The zero-order valence-corrected chi connectivity index (χ0v) is 17.5. The van der Waals surface area contributed by atoms with E-state index in [0.717, 1.165) is 37.7 Å². The molecule has 1 aliphatic carbocycles. The highest BCUT2D eigenvalue weighted by atomic mass is 35.5. The first-order chi connectivity index (χ1) is 15.0. The Bertz CT molecular complexity index is 1140. The predicted molar refractivity (Wildman–Crippen MR) is 118 cm³/mol. The minimum atomic E-state index is -0.595. The molecule has 1 saturated heterocycles. The molecule has 2 fully saturated rings. The van der Waals surface area contributed by atoms with Gasteiger partial charge in [0.25, 0.3) is 0 Å². The molecular weight excluding hydrogens is 421 g/mol. The molecule has 0 amide bonds. The largest absolute Gasteiger partial charge is 0.354 e. The zero-order valence-electron chi connectivity index (χ0n) is 16.8. The van der Waals surface area contributed by atoms with Gasteiger partial charge < -0.3 is 10.3 Å². The molecule has 1 saturated carbocycles. The number of hydrogen-bond acceptors (Lipinski definition) is 6. The topological polar surface area (TPSA) is 104 Å². The molecule has 0 spiro atoms. The van der Waals surface area contributed by atoms with Gasteiger partial charge in [-0.25, -0.2) is 14.4 Å². The van der Waals surface area contributed by atoms with Gasteiger partial charge in [-0.1, -0.05) is 11.6 Å². The van der Waals surface area contributed by atoms with E-state index in [2.05, 4.69) is 25.2 Å². The van der Waals surface area contributed by atoms with Gasteiger partial charge >= 0.3 is 0 Å². The monoisotopic (exact) mass is 443 g/mol. The van der Waals surface area contributed by atoms with E-state index in [9.17, 15) is 9.60 Å². The fourth-order valence-corrected chi connectivity index (χ4v) is 4.53. The van der Waals surface area contributed by atoms with Crippen molar-refractivity contribution >= 4 is 40.2 Å². The molecule has 2 unspecified atom stereocenters. The Morgan fingerprint density at radius 3 is 3.13 bits per heavy atom. The molecule has 2 aliphatic rings. The molecule has 5 rings (SSSR count). The SMILES string of the molecule is N=C(c1ccnc2nc(NCCN3CCCC4CC43)[nH]c12)N(O)c1ccc(F)c(Cl)c1. The maximum atomic E-state index is 13.4. The van der Waals surface area contributed by atoms with Gasteiger partial charge in [0.05, 0.1) is 16.2 Å². The van der Waals surface area contributed by atoms with Crippen molar-refractivity contribution < 1.29 is 9.60 Å². The highest BCUT2D eigenvalue weighted by molar-refractivity contribution is 6.31. The number of H-pyrrole nitrogens is 1. The number of imidazole rings is 1. The summed E-state index contributed by atoms with van der Waals surface area (Å²) in [6, 6.07) is 6.12. The number of hydroxylamine groups is 1. The summed E-state index contributed by atoms with van der Waals surface area (Å²) >= 11 is 5.80. The van der Waals surface area contributed by atoms with Crippen LogP contribution in [0, 0.1) is 17.1 Å². The molecular formula is C21H23ClFN7O. The lowest BCUT2D eigenvalue weighted by molar-refractivity contribution is 0.223. The Hall–Kier alpha value is -2.75. The number of rotatable bonds is 6. The van der Waals surface area contributed by atoms with Gasteiger partial charge in [0.1, 0.15) is 5.82 Å². The number of nitrogens with one attached hydrogen (secondary N) is 3. The van der Waals surface area contributed by atoms with Gasteiger partial charge in [-0.05, 0) is 56.0 Å². The van der Waals surface area contributed by atoms with Crippen LogP contribution in [-0.2, 0) is 0 Å². The quantitative estimate of drug-likeness (QED) is 0.262. The molecule has 2 aromatic heterocycles. The van der Waals surface area contributed by atoms with Crippen molar-refractivity contribution in [3.8, 4) is 0 Å². The standard InChI is InChI=1S/C21H23ClFN7O/c22-15-11-13(3-4-16(15)23)30(31)19(24)14-5-6-25-20-18(14)27-21(28-20)26-7-9-29-8-1-2-12-10-17(12)29/h3-6,11-12,17,24,31H,1-2,7-10H2,(H2,25,26,27,28). The number of halogens is 2. The summed E-state index contributed by atoms with van der Waals surface area (Å²) in [5, 5.41) is 22.7. The van der Waals surface area contributed by atoms with Crippen LogP contribution in [0.25, 0.3) is 11.2 Å². The molecule has 4 N–H and O–H groups in total. The Labute approximate surface area is 183 Å². The van der Waals surface area contributed by atoms with Gasteiger partial charge in [-0.15, -0.1) is 0 Å². The Balaban J connectivity index is 1.30. The highest BCUT2D eigenvalue weighted by Crippen LogP contribution is 2.42. The van der Waals surface area contributed by atoms with Crippen LogP contribution < -0.4 is 10.4 Å². The third-order valence-corrected chi connectivity index (χ3v) is 6.36. The van der Waals surface area contributed by atoms with Gasteiger partial charge in [0.2, 0.25) is 5.95 Å². The number of fused-ring (bicyclic) bond motifs is 2. The number of hydrogen-bond donors (Lipinski definition) is 4. The first-order valence-corrected chi connectivity index (χ1v) is 10.7. The molecule has 31 heavy (non-hydrogen) atoms. The maximum absolute atomic E-state index is 13.4. The number of pyridine rings is 1. The van der Waals surface area contributed by atoms with Crippen LogP contribution in [0.5, 0.6) is 0 Å². The summed E-state index contributed by atoms with van der Waals surface area (Å²) in [5.74, 6) is 0.664. The second-order valence-electron chi connectivity index (χ2n) is 8.07. The maximum Gasteiger partial charge on any atom is 0.202 e. The van der Waals surface area contributed by atoms with Crippen molar-refractivity contribution in [1.82, 2.24) is 19.9 Å². The first kappa shape index (κ1) is 20.2. The van der Waals surface area contributed by atoms with Crippen LogP contribution in [0.4, 0.5) is 16.0 Å². The number of piperidine rings is 1. The third-order valence-electron chi connectivity index (χ3n) is 6.07. The zero-order chi connectivity index (χ0) is 21.5. The molecule has 3 aromatic rings. The van der Waals surface area contributed by atoms with E-state index in [1.165, 1.54) is 37.6 Å². The number of aromatic amines is 1. The summed E-state index contributed by atoms with van der Waals surface area (Å²) in [6.07, 6.45) is 5.50. The summed E-state index contributed by atoms with van der Waals surface area (Å²) in [7, 11) is 0. The summed E-state index contributed by atoms with van der Waals surface area (Å²) in [6.45, 7) is 2.88. The van der Waals surface area contributed by atoms with Crippen LogP contribution >= 0.6 is 11.6 Å². The van der Waals surface area contributed by atoms with E-state index in [1.807, 2.05) is 0 Å². The van der Waals surface area contributed by atoms with E-state index in [-0.39, 0.29) is 16.5 Å². The molecule has 1 aliphatic heterocycles. The average molecular weight is 444 g/mol. The molecule has 8 nitrogen and oxygen atoms in total. The lowest BCUT2D eigenvalue weighted by atomic mass is 10.1. The number of benzene rings is 1. The Morgan fingerprint density at radius 2 is 2.29 bits per heavy atom. The van der Waals surface area contributed by atoms with Crippen LogP contribution in [-0.4, -0.2) is 56.6 Å². The highest BCUT2D eigenvalue weighted by Gasteiger charge is 2.43. The molecule has 3 heterocycles. The normalized spacial score (nSPS) is 20.5. The van der Waals surface area contributed by atoms with E-state index in [1.54, 1.807) is 6.07 Å². The van der Waals surface area contributed by atoms with Crippen molar-refractivity contribution in [2.45, 2.75) is 25.3 Å². The summed E-state index contributed by atoms with van der Waals surface area (Å²) < 4.78 is 13.4. The second-order valence-corrected chi connectivity index (χ2v) is 8.48. The molecule has 0 radical (unpaired) electrons. The fraction of sp³-hybridized carbons (Fsp3) is 0.381. The van der Waals surface area contributed by atoms with E-state index >= 15 is 0 Å². The Morgan fingerprint density at radius 1 is 1.42 bits per heavy atom. The number of amidine groups is 1. The molecule has 1 aromatic carbocycles. The van der Waals surface area contributed by atoms with Gasteiger partial charge in [-0.2, -0.15) is 4.98 Å². The lowest BCUT2D eigenvalue weighted by Gasteiger charge is -2.26. The Kier molecular flexibility index (Phi) is 5.25. The van der Waals surface area contributed by atoms with Crippen molar-refractivity contribution in [1.29, 1.82) is 5.41 Å². The molecule has 2 atom stereocenters. The van der Waals surface area contributed by atoms with E-state index < -0.39 is 5.82 Å². The van der Waals surface area contributed by atoms with Gasteiger partial charge in [-0.3, -0.25) is 15.5 Å². The number of anilines is 2. The molecule has 0 bridgehead atoms. The van der Waals surface area contributed by atoms with Crippen molar-refractivity contribution in [3.63, 3.8) is 0 Å². The second kappa shape index (κ2) is 8.07. The third kappa shape index (κ3) is 3.96. The summed E-state index contributed by atoms with van der Waals surface area (Å²) in [5.41, 5.74) is 1.56. The number of likely N-dealkylation sites (tertiary alicyclic amines) is 1. The van der Waals surface area contributed by atoms with Crippen LogP contribution in [0.15, 0.2) is 30.5 Å².